The molecule has 0 atom stereocenters. The van der Waals surface area contributed by atoms with Gasteiger partial charge in [0.15, 0.2) is 16.8 Å². The van der Waals surface area contributed by atoms with Gasteiger partial charge in [-0.25, -0.2) is 0 Å². The molecule has 0 amide bonds. The van der Waals surface area contributed by atoms with E-state index in [0.29, 0.717) is 43.8 Å². The number of hydrogen-bond acceptors (Lipinski definition) is 8. The van der Waals surface area contributed by atoms with E-state index in [4.69, 9.17) is 38.4 Å². The van der Waals surface area contributed by atoms with Crippen LogP contribution in [0.4, 0.5) is 0 Å². The molecule has 0 radical (unpaired) electrons. The molecule has 0 saturated carbocycles. The van der Waals surface area contributed by atoms with Crippen molar-refractivity contribution in [1.29, 1.82) is 5.26 Å². The summed E-state index contributed by atoms with van der Waals surface area (Å²) in [6, 6.07) is 12.2. The number of halogens is 2. The molecule has 2 aromatic carbocycles. The first kappa shape index (κ1) is 24.5. The van der Waals surface area contributed by atoms with Crippen LogP contribution in [0.15, 0.2) is 52.8 Å². The first-order valence-electron chi connectivity index (χ1n) is 9.46. The number of ketones is 1. The van der Waals surface area contributed by atoms with Gasteiger partial charge in [0.2, 0.25) is 0 Å². The Labute approximate surface area is 204 Å². The Bertz CT molecular complexity index is 1280. The number of hydrogen-bond donors (Lipinski definition) is 1. The summed E-state index contributed by atoms with van der Waals surface area (Å²) in [5.41, 5.74) is 6.95. The van der Waals surface area contributed by atoms with Crippen molar-refractivity contribution >= 4 is 40.7 Å². The number of methoxy groups -OCH3 is 2. The number of ether oxygens (including phenoxy) is 2. The van der Waals surface area contributed by atoms with E-state index in [1.54, 1.807) is 41.0 Å². The van der Waals surface area contributed by atoms with Gasteiger partial charge in [-0.15, -0.1) is 10.2 Å². The van der Waals surface area contributed by atoms with Crippen LogP contribution in [0.5, 0.6) is 11.5 Å². The monoisotopic (exact) mass is 503 g/mol. The van der Waals surface area contributed by atoms with E-state index >= 15 is 0 Å². The minimum absolute atomic E-state index is 0.0634. The zero-order chi connectivity index (χ0) is 24.1. The number of rotatable bonds is 8. The predicted octanol–water partition coefficient (Wildman–Crippen LogP) is 4.68. The summed E-state index contributed by atoms with van der Waals surface area (Å²) in [5.74, 6) is 0.991. The normalized spacial score (nSPS) is 11.5. The van der Waals surface area contributed by atoms with Crippen LogP contribution in [0.25, 0.3) is 17.1 Å². The van der Waals surface area contributed by atoms with Crippen LogP contribution < -0.4 is 15.2 Å². The van der Waals surface area contributed by atoms with Gasteiger partial charge in [0.05, 0.1) is 36.2 Å². The third-order valence-corrected chi connectivity index (χ3v) is 6.01. The van der Waals surface area contributed by atoms with E-state index in [0.717, 1.165) is 11.8 Å². The molecule has 0 aliphatic rings. The lowest BCUT2D eigenvalue weighted by Crippen LogP contribution is -2.11. The molecule has 1 aromatic heterocycles. The fraction of sp³-hybridized carbons (Fsp3) is 0.182. The summed E-state index contributed by atoms with van der Waals surface area (Å²) in [7, 11) is 3.06. The smallest absolute Gasteiger partial charge is 0.196 e. The average Bonchev–Trinajstić information content (AvgIpc) is 3.21. The molecule has 0 bridgehead atoms. The maximum Gasteiger partial charge on any atom is 0.196 e. The minimum atomic E-state index is -0.410. The number of thioether (sulfide) groups is 1. The maximum absolute atomic E-state index is 12.5. The maximum atomic E-state index is 12.5. The molecule has 3 aromatic rings. The van der Waals surface area contributed by atoms with Crippen LogP contribution >= 0.6 is 35.0 Å². The molecule has 0 spiro atoms. The number of nitriles is 1. The van der Waals surface area contributed by atoms with E-state index < -0.39 is 5.78 Å². The lowest BCUT2D eigenvalue weighted by molar-refractivity contribution is -0.112. The lowest BCUT2D eigenvalue weighted by Gasteiger charge is -2.14. The summed E-state index contributed by atoms with van der Waals surface area (Å²) in [4.78, 5) is 12.5. The zero-order valence-electron chi connectivity index (χ0n) is 17.9. The molecule has 8 nitrogen and oxygen atoms in total. The van der Waals surface area contributed by atoms with E-state index in [-0.39, 0.29) is 17.0 Å². The standard InChI is InChI=1S/C22H19Cl2N5O3S/c1-12(26)16(10-25)18(30)11-33-22-28-27-21(15-8-13(23)4-6-19(15)31-2)29(22)14-5-7-20(32-3)17(24)9-14/h4-9H,11,26H2,1-3H3. The number of nitrogens with zero attached hydrogens (tertiary/aromatic N) is 4. The summed E-state index contributed by atoms with van der Waals surface area (Å²) in [6.45, 7) is 1.51. The van der Waals surface area contributed by atoms with E-state index in [1.165, 1.54) is 21.1 Å². The Morgan fingerprint density at radius 2 is 1.85 bits per heavy atom. The molecule has 2 N–H and O–H groups in total. The van der Waals surface area contributed by atoms with Gasteiger partial charge < -0.3 is 15.2 Å². The molecule has 33 heavy (non-hydrogen) atoms. The third kappa shape index (κ3) is 5.25. The van der Waals surface area contributed by atoms with Crippen LogP contribution in [0.2, 0.25) is 10.0 Å². The van der Waals surface area contributed by atoms with Gasteiger partial charge >= 0.3 is 0 Å². The van der Waals surface area contributed by atoms with Gasteiger partial charge in [0.25, 0.3) is 0 Å². The average molecular weight is 504 g/mol. The van der Waals surface area contributed by atoms with Gasteiger partial charge in [-0.3, -0.25) is 9.36 Å². The molecular formula is C22H19Cl2N5O3S. The Hall–Kier alpha value is -3.19. The second-order valence-corrected chi connectivity index (χ2v) is 8.47. The van der Waals surface area contributed by atoms with Crippen LogP contribution in [0.1, 0.15) is 6.92 Å². The second-order valence-electron chi connectivity index (χ2n) is 6.69. The molecule has 0 fully saturated rings. The number of aromatic nitrogens is 3. The van der Waals surface area contributed by atoms with Gasteiger partial charge in [0, 0.05) is 10.7 Å². The van der Waals surface area contributed by atoms with E-state index in [2.05, 4.69) is 10.2 Å². The lowest BCUT2D eigenvalue weighted by atomic mass is 10.2. The van der Waals surface area contributed by atoms with Crippen molar-refractivity contribution in [2.75, 3.05) is 20.0 Å². The van der Waals surface area contributed by atoms with Crippen molar-refractivity contribution in [3.63, 3.8) is 0 Å². The van der Waals surface area contributed by atoms with Crippen molar-refractivity contribution < 1.29 is 14.3 Å². The number of carbonyl (C=O) groups is 1. The van der Waals surface area contributed by atoms with Crippen LogP contribution in [-0.4, -0.2) is 40.5 Å². The number of nitrogens with two attached hydrogens (primary N) is 1. The third-order valence-electron chi connectivity index (χ3n) is 4.55. The molecule has 0 saturated heterocycles. The topological polar surface area (TPSA) is 116 Å². The largest absolute Gasteiger partial charge is 0.496 e. The van der Waals surface area contributed by atoms with Crippen molar-refractivity contribution in [2.45, 2.75) is 12.1 Å². The Morgan fingerprint density at radius 1 is 1.15 bits per heavy atom. The van der Waals surface area contributed by atoms with Gasteiger partial charge in [0.1, 0.15) is 23.1 Å². The van der Waals surface area contributed by atoms with Gasteiger partial charge in [-0.2, -0.15) is 5.26 Å². The first-order valence-corrected chi connectivity index (χ1v) is 11.2. The highest BCUT2D eigenvalue weighted by molar-refractivity contribution is 7.99. The van der Waals surface area contributed by atoms with E-state index in [1.807, 2.05) is 6.07 Å². The number of allylic oxidation sites excluding steroid dienone is 2. The van der Waals surface area contributed by atoms with Crippen LogP contribution in [0.3, 0.4) is 0 Å². The number of carbonyl (C=O) groups excluding carboxylic acids is 1. The van der Waals surface area contributed by atoms with Crippen molar-refractivity contribution in [3.8, 4) is 34.6 Å². The van der Waals surface area contributed by atoms with Crippen molar-refractivity contribution in [3.05, 3.63) is 57.7 Å². The molecule has 0 aliphatic heterocycles. The molecule has 0 aliphatic carbocycles. The number of benzene rings is 2. The fourth-order valence-corrected chi connectivity index (χ4v) is 4.24. The zero-order valence-corrected chi connectivity index (χ0v) is 20.3. The fourth-order valence-electron chi connectivity index (χ4n) is 2.99. The van der Waals surface area contributed by atoms with Gasteiger partial charge in [-0.05, 0) is 43.3 Å². The molecule has 1 heterocycles. The molecule has 170 valence electrons. The minimum Gasteiger partial charge on any atom is -0.496 e. The van der Waals surface area contributed by atoms with Crippen LogP contribution in [0, 0.1) is 11.3 Å². The molecule has 3 rings (SSSR count). The summed E-state index contributed by atoms with van der Waals surface area (Å²) in [6.07, 6.45) is 0. The molecule has 11 heteroatoms. The highest BCUT2D eigenvalue weighted by Gasteiger charge is 2.22. The van der Waals surface area contributed by atoms with Crippen LogP contribution in [-0.2, 0) is 4.79 Å². The van der Waals surface area contributed by atoms with Gasteiger partial charge in [-0.1, -0.05) is 35.0 Å². The Morgan fingerprint density at radius 3 is 2.45 bits per heavy atom. The quantitative estimate of drug-likeness (QED) is 0.267. The molecular weight excluding hydrogens is 485 g/mol. The predicted molar refractivity (Wildman–Crippen MR) is 128 cm³/mol. The second kappa shape index (κ2) is 10.6. The number of Topliss-reactive ketones (excluding diaryl/α,β-unsaturated/α-hetero) is 1. The molecule has 0 unspecified atom stereocenters. The first-order chi connectivity index (χ1) is 15.8. The highest BCUT2D eigenvalue weighted by atomic mass is 35.5. The Kier molecular flexibility index (Phi) is 7.87. The summed E-state index contributed by atoms with van der Waals surface area (Å²) in [5, 5.41) is 19.1. The van der Waals surface area contributed by atoms with E-state index in [9.17, 15) is 10.1 Å². The SMILES string of the molecule is COc1ccc(-n2c(SCC(=O)C(C#N)=C(C)N)nnc2-c2cc(Cl)ccc2OC)cc1Cl. The summed E-state index contributed by atoms with van der Waals surface area (Å²) < 4.78 is 12.5. The Balaban J connectivity index is 2.13. The summed E-state index contributed by atoms with van der Waals surface area (Å²) >= 11 is 13.7. The van der Waals surface area contributed by atoms with Crippen molar-refractivity contribution in [2.24, 2.45) is 5.73 Å². The highest BCUT2D eigenvalue weighted by Crippen LogP contribution is 2.36. The van der Waals surface area contributed by atoms with Crippen molar-refractivity contribution in [1.82, 2.24) is 14.8 Å².